The fourth-order valence-electron chi connectivity index (χ4n) is 1.49. The van der Waals surface area contributed by atoms with Crippen LogP contribution in [0.15, 0.2) is 0 Å². The summed E-state index contributed by atoms with van der Waals surface area (Å²) in [5.41, 5.74) is 0. The minimum atomic E-state index is -4.52. The monoisotopic (exact) mass is 302 g/mol. The van der Waals surface area contributed by atoms with Crippen LogP contribution in [0.3, 0.4) is 0 Å². The van der Waals surface area contributed by atoms with Gasteiger partial charge in [0, 0.05) is 0 Å². The molecule has 0 radical (unpaired) electrons. The molecule has 0 bridgehead atoms. The smallest absolute Gasteiger partial charge is 0.306 e. The highest BCUT2D eigenvalue weighted by atomic mass is 35.5. The number of halogens is 4. The van der Waals surface area contributed by atoms with Crippen molar-refractivity contribution in [1.82, 2.24) is 15.5 Å². The summed E-state index contributed by atoms with van der Waals surface area (Å²) < 4.78 is 36.7. The SMILES string of the molecule is Cl.O=C(Nc1nnc(C(F)(F)F)s1)C1CCCN1. The minimum Gasteiger partial charge on any atom is -0.306 e. The van der Waals surface area contributed by atoms with E-state index in [-0.39, 0.29) is 29.5 Å². The number of nitrogens with zero attached hydrogens (tertiary/aromatic N) is 2. The van der Waals surface area contributed by atoms with Gasteiger partial charge in [0.15, 0.2) is 0 Å². The van der Waals surface area contributed by atoms with E-state index in [0.29, 0.717) is 17.8 Å². The van der Waals surface area contributed by atoms with Crippen molar-refractivity contribution in [3.8, 4) is 0 Å². The Hall–Kier alpha value is -0.930. The van der Waals surface area contributed by atoms with Gasteiger partial charge < -0.3 is 5.32 Å². The van der Waals surface area contributed by atoms with Gasteiger partial charge >= 0.3 is 6.18 Å². The molecule has 2 N–H and O–H groups in total. The first-order valence-electron chi connectivity index (χ1n) is 4.92. The van der Waals surface area contributed by atoms with Crippen LogP contribution in [0.4, 0.5) is 18.3 Å². The standard InChI is InChI=1S/C8H9F3N4OS.ClH/c9-8(10,11)6-14-15-7(17-6)13-5(16)4-2-1-3-12-4;/h4,12H,1-3H2,(H,13,15,16);1H. The van der Waals surface area contributed by atoms with E-state index in [1.807, 2.05) is 0 Å². The maximum Gasteiger partial charge on any atom is 0.445 e. The van der Waals surface area contributed by atoms with Crippen LogP contribution in [-0.4, -0.2) is 28.7 Å². The Kier molecular flexibility index (Phi) is 4.88. The summed E-state index contributed by atoms with van der Waals surface area (Å²) in [5, 5.41) is 10.3. The van der Waals surface area contributed by atoms with Crippen molar-refractivity contribution in [2.75, 3.05) is 11.9 Å². The van der Waals surface area contributed by atoms with Crippen LogP contribution in [0.5, 0.6) is 0 Å². The van der Waals surface area contributed by atoms with Gasteiger partial charge in [0.1, 0.15) is 0 Å². The number of carbonyl (C=O) groups is 1. The minimum absolute atomic E-state index is 0. The number of nitrogens with one attached hydrogen (secondary N) is 2. The molecule has 1 aliphatic heterocycles. The van der Waals surface area contributed by atoms with Crippen molar-refractivity contribution in [2.24, 2.45) is 0 Å². The van der Waals surface area contributed by atoms with E-state index < -0.39 is 11.2 Å². The highest BCUT2D eigenvalue weighted by Crippen LogP contribution is 2.33. The predicted octanol–water partition coefficient (Wildman–Crippen LogP) is 1.67. The van der Waals surface area contributed by atoms with Gasteiger partial charge in [-0.3, -0.25) is 10.1 Å². The van der Waals surface area contributed by atoms with Gasteiger partial charge in [-0.2, -0.15) is 13.2 Å². The normalized spacial score (nSPS) is 19.4. The van der Waals surface area contributed by atoms with Crippen LogP contribution in [-0.2, 0) is 11.0 Å². The molecule has 0 spiro atoms. The molecule has 1 amide bonds. The van der Waals surface area contributed by atoms with Crippen LogP contribution in [0.25, 0.3) is 0 Å². The zero-order valence-electron chi connectivity index (χ0n) is 8.95. The predicted molar refractivity (Wildman–Crippen MR) is 61.8 cm³/mol. The average Bonchev–Trinajstić information content (AvgIpc) is 2.85. The molecule has 1 aliphatic rings. The molecule has 0 aliphatic carbocycles. The summed E-state index contributed by atoms with van der Waals surface area (Å²) in [6.07, 6.45) is -2.97. The number of carbonyl (C=O) groups excluding carboxylic acids is 1. The van der Waals surface area contributed by atoms with E-state index in [2.05, 4.69) is 20.8 Å². The van der Waals surface area contributed by atoms with E-state index in [4.69, 9.17) is 0 Å². The first-order valence-corrected chi connectivity index (χ1v) is 5.73. The van der Waals surface area contributed by atoms with Gasteiger partial charge in [0.05, 0.1) is 6.04 Å². The van der Waals surface area contributed by atoms with Gasteiger partial charge in [-0.05, 0) is 19.4 Å². The Labute approximate surface area is 111 Å². The van der Waals surface area contributed by atoms with Crippen LogP contribution >= 0.6 is 23.7 Å². The Morgan fingerprint density at radius 3 is 2.67 bits per heavy atom. The second-order valence-electron chi connectivity index (χ2n) is 3.55. The summed E-state index contributed by atoms with van der Waals surface area (Å²) in [6, 6.07) is -0.353. The molecule has 1 aromatic rings. The molecule has 1 atom stereocenters. The van der Waals surface area contributed by atoms with E-state index >= 15 is 0 Å². The molecule has 1 fully saturated rings. The largest absolute Gasteiger partial charge is 0.445 e. The molecule has 0 aromatic carbocycles. The van der Waals surface area contributed by atoms with Crippen molar-refractivity contribution < 1.29 is 18.0 Å². The van der Waals surface area contributed by atoms with E-state index in [1.54, 1.807) is 0 Å². The summed E-state index contributed by atoms with van der Waals surface area (Å²) in [6.45, 7) is 0.738. The fraction of sp³-hybridized carbons (Fsp3) is 0.625. The average molecular weight is 303 g/mol. The van der Waals surface area contributed by atoms with Gasteiger partial charge in [-0.25, -0.2) is 0 Å². The van der Waals surface area contributed by atoms with Crippen molar-refractivity contribution in [3.63, 3.8) is 0 Å². The van der Waals surface area contributed by atoms with Crippen LogP contribution in [0.1, 0.15) is 17.8 Å². The molecule has 102 valence electrons. The van der Waals surface area contributed by atoms with Crippen molar-refractivity contribution in [3.05, 3.63) is 5.01 Å². The topological polar surface area (TPSA) is 66.9 Å². The zero-order chi connectivity index (χ0) is 12.5. The first-order chi connectivity index (χ1) is 7.97. The third-order valence-corrected chi connectivity index (χ3v) is 3.16. The van der Waals surface area contributed by atoms with Gasteiger partial charge in [0.25, 0.3) is 0 Å². The Morgan fingerprint density at radius 2 is 2.17 bits per heavy atom. The molecular formula is C8H10ClF3N4OS. The second kappa shape index (κ2) is 5.81. The number of anilines is 1. The molecule has 2 rings (SSSR count). The molecule has 1 aromatic heterocycles. The van der Waals surface area contributed by atoms with Gasteiger partial charge in [-0.15, -0.1) is 22.6 Å². The number of rotatable bonds is 2. The van der Waals surface area contributed by atoms with E-state index in [0.717, 1.165) is 13.0 Å². The van der Waals surface area contributed by atoms with Crippen LogP contribution in [0, 0.1) is 0 Å². The number of alkyl halides is 3. The molecule has 1 unspecified atom stereocenters. The van der Waals surface area contributed by atoms with Crippen molar-refractivity contribution >= 4 is 34.8 Å². The lowest BCUT2D eigenvalue weighted by Gasteiger charge is -2.07. The zero-order valence-corrected chi connectivity index (χ0v) is 10.6. The number of hydrogen-bond acceptors (Lipinski definition) is 5. The van der Waals surface area contributed by atoms with Crippen molar-refractivity contribution in [1.29, 1.82) is 0 Å². The van der Waals surface area contributed by atoms with Crippen LogP contribution < -0.4 is 10.6 Å². The molecule has 1 saturated heterocycles. The van der Waals surface area contributed by atoms with Gasteiger partial charge in [0.2, 0.25) is 16.0 Å². The maximum absolute atomic E-state index is 12.2. The highest BCUT2D eigenvalue weighted by Gasteiger charge is 2.36. The first kappa shape index (κ1) is 15.1. The third-order valence-electron chi connectivity index (χ3n) is 2.27. The fourth-order valence-corrected chi connectivity index (χ4v) is 2.10. The summed E-state index contributed by atoms with van der Waals surface area (Å²) in [4.78, 5) is 11.6. The Bertz CT molecular complexity index is 419. The number of amides is 1. The summed E-state index contributed by atoms with van der Waals surface area (Å²) in [7, 11) is 0. The third kappa shape index (κ3) is 3.53. The number of aromatic nitrogens is 2. The lowest BCUT2D eigenvalue weighted by Crippen LogP contribution is -2.35. The maximum atomic E-state index is 12.2. The highest BCUT2D eigenvalue weighted by molar-refractivity contribution is 7.15. The molecule has 18 heavy (non-hydrogen) atoms. The molecular weight excluding hydrogens is 293 g/mol. The lowest BCUT2D eigenvalue weighted by molar-refractivity contribution is -0.138. The van der Waals surface area contributed by atoms with E-state index in [1.165, 1.54) is 0 Å². The molecule has 10 heteroatoms. The van der Waals surface area contributed by atoms with Gasteiger partial charge in [-0.1, -0.05) is 11.3 Å². The van der Waals surface area contributed by atoms with Crippen LogP contribution in [0.2, 0.25) is 0 Å². The second-order valence-corrected chi connectivity index (χ2v) is 4.53. The van der Waals surface area contributed by atoms with E-state index in [9.17, 15) is 18.0 Å². The Balaban J connectivity index is 0.00000162. The Morgan fingerprint density at radius 1 is 1.44 bits per heavy atom. The summed E-state index contributed by atoms with van der Waals surface area (Å²) >= 11 is 0.320. The quantitative estimate of drug-likeness (QED) is 0.872. The lowest BCUT2D eigenvalue weighted by atomic mass is 10.2. The number of hydrogen-bond donors (Lipinski definition) is 2. The molecule has 2 heterocycles. The van der Waals surface area contributed by atoms with Crippen molar-refractivity contribution in [2.45, 2.75) is 25.1 Å². The molecule has 0 saturated carbocycles. The molecule has 5 nitrogen and oxygen atoms in total. The summed E-state index contributed by atoms with van der Waals surface area (Å²) in [5.74, 6) is -0.368.